The highest BCUT2D eigenvalue weighted by Gasteiger charge is 2.11. The number of rotatable bonds is 12. The number of nitrogens with one attached hydrogen (secondary N) is 2. The van der Waals surface area contributed by atoms with E-state index in [2.05, 4.69) is 28.8 Å². The van der Waals surface area contributed by atoms with Crippen LogP contribution in [0.15, 0.2) is 65.8 Å². The summed E-state index contributed by atoms with van der Waals surface area (Å²) in [7, 11) is 3.02. The molecular weight excluding hydrogens is 474 g/mol. The van der Waals surface area contributed by atoms with Crippen LogP contribution >= 0.6 is 0 Å². The van der Waals surface area contributed by atoms with Gasteiger partial charge in [-0.15, -0.1) is 0 Å². The van der Waals surface area contributed by atoms with Crippen molar-refractivity contribution in [2.24, 2.45) is 5.10 Å². The van der Waals surface area contributed by atoms with Gasteiger partial charge in [-0.1, -0.05) is 25.1 Å². The molecule has 0 radical (unpaired) electrons. The van der Waals surface area contributed by atoms with E-state index in [1.807, 2.05) is 25.1 Å². The first-order valence-electron chi connectivity index (χ1n) is 11.7. The zero-order valence-corrected chi connectivity index (χ0v) is 21.4. The SMILES string of the molecule is CCc1cc(C)cc(OCC(=O)N/N=C/c2ccc(OCC(=O)Nc3ccccc3OC)c(OC)c2)c1. The third-order valence-electron chi connectivity index (χ3n) is 5.22. The standard InChI is InChI=1S/C28H31N3O6/c1-5-20-12-19(2)13-22(14-20)36-18-28(33)31-29-16-21-10-11-25(26(15-21)35-4)37-17-27(32)30-23-8-6-7-9-24(23)34-3/h6-16H,5,17-18H2,1-4H3,(H,30,32)(H,31,33)/b29-16+. The Hall–Kier alpha value is -4.53. The summed E-state index contributed by atoms with van der Waals surface area (Å²) in [4.78, 5) is 24.4. The number of carbonyl (C=O) groups excluding carboxylic acids is 2. The molecule has 3 rings (SSSR count). The van der Waals surface area contributed by atoms with E-state index >= 15 is 0 Å². The van der Waals surface area contributed by atoms with Crippen molar-refractivity contribution in [1.29, 1.82) is 0 Å². The summed E-state index contributed by atoms with van der Waals surface area (Å²) in [6.07, 6.45) is 2.36. The average Bonchev–Trinajstić information content (AvgIpc) is 2.91. The van der Waals surface area contributed by atoms with Crippen LogP contribution in [0.1, 0.15) is 23.6 Å². The molecule has 0 aliphatic carbocycles. The molecule has 3 aromatic carbocycles. The molecule has 2 N–H and O–H groups in total. The van der Waals surface area contributed by atoms with Crippen molar-refractivity contribution in [2.45, 2.75) is 20.3 Å². The number of anilines is 1. The van der Waals surface area contributed by atoms with Gasteiger partial charge in [0.1, 0.15) is 11.5 Å². The molecule has 2 amide bonds. The summed E-state index contributed by atoms with van der Waals surface area (Å²) < 4.78 is 21.8. The average molecular weight is 506 g/mol. The second kappa shape index (κ2) is 13.5. The van der Waals surface area contributed by atoms with Crippen LogP contribution in [-0.4, -0.2) is 45.5 Å². The normalized spacial score (nSPS) is 10.6. The molecule has 0 heterocycles. The van der Waals surface area contributed by atoms with Gasteiger partial charge in [0.05, 0.1) is 26.1 Å². The fourth-order valence-corrected chi connectivity index (χ4v) is 3.43. The Morgan fingerprint density at radius 2 is 1.62 bits per heavy atom. The summed E-state index contributed by atoms with van der Waals surface area (Å²) in [5.74, 6) is 1.26. The highest BCUT2D eigenvalue weighted by Crippen LogP contribution is 2.28. The maximum Gasteiger partial charge on any atom is 0.277 e. The molecule has 0 aliphatic rings. The summed E-state index contributed by atoms with van der Waals surface area (Å²) >= 11 is 0. The lowest BCUT2D eigenvalue weighted by Gasteiger charge is -2.12. The van der Waals surface area contributed by atoms with Gasteiger partial charge in [0.25, 0.3) is 11.8 Å². The van der Waals surface area contributed by atoms with E-state index in [9.17, 15) is 9.59 Å². The lowest BCUT2D eigenvalue weighted by Crippen LogP contribution is -2.24. The lowest BCUT2D eigenvalue weighted by atomic mass is 10.1. The first kappa shape index (κ1) is 27.1. The first-order chi connectivity index (χ1) is 17.9. The molecule has 0 spiro atoms. The van der Waals surface area contributed by atoms with Gasteiger partial charge in [-0.2, -0.15) is 5.10 Å². The van der Waals surface area contributed by atoms with E-state index in [-0.39, 0.29) is 25.0 Å². The highest BCUT2D eigenvalue weighted by molar-refractivity contribution is 5.93. The number of aryl methyl sites for hydroxylation is 2. The minimum Gasteiger partial charge on any atom is -0.495 e. The molecule has 0 fully saturated rings. The fourth-order valence-electron chi connectivity index (χ4n) is 3.43. The van der Waals surface area contributed by atoms with Crippen LogP contribution < -0.4 is 29.7 Å². The van der Waals surface area contributed by atoms with Gasteiger partial charge in [0.15, 0.2) is 24.7 Å². The number of amides is 2. The second-order valence-corrected chi connectivity index (χ2v) is 8.04. The largest absolute Gasteiger partial charge is 0.495 e. The Morgan fingerprint density at radius 1 is 0.865 bits per heavy atom. The van der Waals surface area contributed by atoms with Gasteiger partial charge >= 0.3 is 0 Å². The number of ether oxygens (including phenoxy) is 4. The van der Waals surface area contributed by atoms with Crippen LogP contribution in [0.3, 0.4) is 0 Å². The van der Waals surface area contributed by atoms with Crippen molar-refractivity contribution in [3.8, 4) is 23.0 Å². The molecule has 0 aliphatic heterocycles. The van der Waals surface area contributed by atoms with Crippen molar-refractivity contribution in [3.05, 3.63) is 77.4 Å². The summed E-state index contributed by atoms with van der Waals surface area (Å²) in [5, 5.41) is 6.72. The van der Waals surface area contributed by atoms with E-state index in [4.69, 9.17) is 18.9 Å². The maximum absolute atomic E-state index is 12.3. The number of hydrazone groups is 1. The number of benzene rings is 3. The minimum absolute atomic E-state index is 0.156. The molecule has 9 nitrogen and oxygen atoms in total. The molecular formula is C28H31N3O6. The summed E-state index contributed by atoms with van der Waals surface area (Å²) in [5.41, 5.74) is 5.87. The predicted molar refractivity (Wildman–Crippen MR) is 142 cm³/mol. The molecule has 194 valence electrons. The molecule has 0 atom stereocenters. The topological polar surface area (TPSA) is 107 Å². The number of hydrogen-bond acceptors (Lipinski definition) is 7. The first-order valence-corrected chi connectivity index (χ1v) is 11.7. The second-order valence-electron chi connectivity index (χ2n) is 8.04. The fraction of sp³-hybridized carbons (Fsp3) is 0.250. The van der Waals surface area contributed by atoms with Crippen LogP contribution in [0.5, 0.6) is 23.0 Å². The van der Waals surface area contributed by atoms with Gasteiger partial charge < -0.3 is 24.3 Å². The lowest BCUT2D eigenvalue weighted by molar-refractivity contribution is -0.123. The molecule has 0 bridgehead atoms. The van der Waals surface area contributed by atoms with E-state index in [0.717, 1.165) is 17.5 Å². The van der Waals surface area contributed by atoms with Gasteiger partial charge in [-0.05, 0) is 72.5 Å². The Morgan fingerprint density at radius 3 is 2.38 bits per heavy atom. The molecule has 0 saturated heterocycles. The van der Waals surface area contributed by atoms with Crippen LogP contribution in [0, 0.1) is 6.92 Å². The van der Waals surface area contributed by atoms with Gasteiger partial charge in [-0.25, -0.2) is 5.43 Å². The number of para-hydroxylation sites is 2. The van der Waals surface area contributed by atoms with E-state index in [1.54, 1.807) is 36.4 Å². The third kappa shape index (κ3) is 8.28. The third-order valence-corrected chi connectivity index (χ3v) is 5.22. The quantitative estimate of drug-likeness (QED) is 0.283. The minimum atomic E-state index is -0.385. The van der Waals surface area contributed by atoms with E-state index < -0.39 is 0 Å². The Kier molecular flexibility index (Phi) is 9.90. The Bertz CT molecular complexity index is 1260. The van der Waals surface area contributed by atoms with E-state index in [1.165, 1.54) is 20.4 Å². The number of carbonyl (C=O) groups is 2. The predicted octanol–water partition coefficient (Wildman–Crippen LogP) is 4.12. The van der Waals surface area contributed by atoms with Crippen LogP contribution in [0.4, 0.5) is 5.69 Å². The van der Waals surface area contributed by atoms with E-state index in [0.29, 0.717) is 34.2 Å². The molecule has 9 heteroatoms. The summed E-state index contributed by atoms with van der Waals surface area (Å²) in [6, 6.07) is 18.0. The van der Waals surface area contributed by atoms with Crippen molar-refractivity contribution in [3.63, 3.8) is 0 Å². The zero-order chi connectivity index (χ0) is 26.6. The monoisotopic (exact) mass is 505 g/mol. The molecule has 37 heavy (non-hydrogen) atoms. The molecule has 0 saturated carbocycles. The number of hydrogen-bond donors (Lipinski definition) is 2. The van der Waals surface area contributed by atoms with Crippen LogP contribution in [0.25, 0.3) is 0 Å². The molecule has 3 aromatic rings. The number of methoxy groups -OCH3 is 2. The smallest absolute Gasteiger partial charge is 0.277 e. The molecule has 0 unspecified atom stereocenters. The van der Waals surface area contributed by atoms with Crippen molar-refractivity contribution >= 4 is 23.7 Å². The highest BCUT2D eigenvalue weighted by atomic mass is 16.5. The van der Waals surface area contributed by atoms with Crippen molar-refractivity contribution in [1.82, 2.24) is 5.43 Å². The van der Waals surface area contributed by atoms with Gasteiger partial charge in [-0.3, -0.25) is 9.59 Å². The zero-order valence-electron chi connectivity index (χ0n) is 21.4. The van der Waals surface area contributed by atoms with Gasteiger partial charge in [0, 0.05) is 0 Å². The molecule has 0 aromatic heterocycles. The Labute approximate surface area is 216 Å². The van der Waals surface area contributed by atoms with Crippen molar-refractivity contribution < 1.29 is 28.5 Å². The van der Waals surface area contributed by atoms with Crippen LogP contribution in [-0.2, 0) is 16.0 Å². The van der Waals surface area contributed by atoms with Crippen molar-refractivity contribution in [2.75, 3.05) is 32.8 Å². The van der Waals surface area contributed by atoms with Crippen LogP contribution in [0.2, 0.25) is 0 Å². The maximum atomic E-state index is 12.3. The summed E-state index contributed by atoms with van der Waals surface area (Å²) in [6.45, 7) is 3.67. The van der Waals surface area contributed by atoms with Gasteiger partial charge in [0.2, 0.25) is 0 Å². The Balaban J connectivity index is 1.50. The number of nitrogens with zero attached hydrogens (tertiary/aromatic N) is 1.